The molecule has 0 unspecified atom stereocenters. The van der Waals surface area contributed by atoms with Gasteiger partial charge in [-0.2, -0.15) is 4.68 Å². The van der Waals surface area contributed by atoms with Crippen LogP contribution >= 0.6 is 11.8 Å². The van der Waals surface area contributed by atoms with E-state index in [4.69, 9.17) is 0 Å². The lowest BCUT2D eigenvalue weighted by atomic mass is 10.5. The van der Waals surface area contributed by atoms with Gasteiger partial charge in [0, 0.05) is 13.1 Å². The van der Waals surface area contributed by atoms with Gasteiger partial charge in [-0.25, -0.2) is 9.78 Å². The lowest BCUT2D eigenvalue weighted by molar-refractivity contribution is 0.201. The van der Waals surface area contributed by atoms with E-state index in [-0.39, 0.29) is 6.03 Å². The van der Waals surface area contributed by atoms with Gasteiger partial charge in [-0.05, 0) is 19.6 Å². The normalized spacial score (nSPS) is 10.3. The first kappa shape index (κ1) is 12.0. The molecule has 0 N–H and O–H groups in total. The Kier molecular flexibility index (Phi) is 4.61. The monoisotopic (exact) mass is 228 g/mol. The SMILES string of the molecule is CCSc1ncn(C(=O)N(CC)CC)n1. The Morgan fingerprint density at radius 2 is 2.13 bits per heavy atom. The van der Waals surface area contributed by atoms with Gasteiger partial charge in [0.2, 0.25) is 5.16 Å². The van der Waals surface area contributed by atoms with Crippen molar-refractivity contribution in [3.63, 3.8) is 0 Å². The van der Waals surface area contributed by atoms with Gasteiger partial charge < -0.3 is 4.90 Å². The van der Waals surface area contributed by atoms with Crippen LogP contribution < -0.4 is 0 Å². The van der Waals surface area contributed by atoms with Gasteiger partial charge in [0.25, 0.3) is 0 Å². The Hall–Kier alpha value is -1.04. The second-order valence-electron chi connectivity index (χ2n) is 2.86. The quantitative estimate of drug-likeness (QED) is 0.736. The van der Waals surface area contributed by atoms with E-state index in [1.165, 1.54) is 22.8 Å². The van der Waals surface area contributed by atoms with Crippen molar-refractivity contribution in [3.05, 3.63) is 6.33 Å². The number of carbonyl (C=O) groups is 1. The second kappa shape index (κ2) is 5.75. The van der Waals surface area contributed by atoms with Gasteiger partial charge in [-0.3, -0.25) is 0 Å². The predicted octanol–water partition coefficient (Wildman–Crippen LogP) is 1.70. The van der Waals surface area contributed by atoms with Crippen LogP contribution in [0.25, 0.3) is 0 Å². The van der Waals surface area contributed by atoms with Crippen LogP contribution in [0.4, 0.5) is 4.79 Å². The first-order chi connectivity index (χ1) is 7.22. The van der Waals surface area contributed by atoms with E-state index in [0.29, 0.717) is 18.2 Å². The largest absolute Gasteiger partial charge is 0.346 e. The molecule has 0 fully saturated rings. The highest BCUT2D eigenvalue weighted by Gasteiger charge is 2.13. The molecule has 1 heterocycles. The minimum Gasteiger partial charge on any atom is -0.323 e. The van der Waals surface area contributed by atoms with Crippen molar-refractivity contribution in [3.8, 4) is 0 Å². The average molecular weight is 228 g/mol. The summed E-state index contributed by atoms with van der Waals surface area (Å²) in [5.74, 6) is 0.906. The maximum Gasteiger partial charge on any atom is 0.346 e. The van der Waals surface area contributed by atoms with Crippen molar-refractivity contribution in [2.45, 2.75) is 25.9 Å². The van der Waals surface area contributed by atoms with Crippen molar-refractivity contribution in [1.29, 1.82) is 0 Å². The summed E-state index contributed by atoms with van der Waals surface area (Å²) in [7, 11) is 0. The van der Waals surface area contributed by atoms with Crippen molar-refractivity contribution < 1.29 is 4.79 Å². The highest BCUT2D eigenvalue weighted by atomic mass is 32.2. The number of carbonyl (C=O) groups excluding carboxylic acids is 1. The van der Waals surface area contributed by atoms with Gasteiger partial charge in [0.05, 0.1) is 0 Å². The molecule has 0 aliphatic heterocycles. The molecule has 0 aliphatic carbocycles. The molecule has 0 saturated heterocycles. The third kappa shape index (κ3) is 2.95. The van der Waals surface area contributed by atoms with Crippen molar-refractivity contribution in [1.82, 2.24) is 19.7 Å². The highest BCUT2D eigenvalue weighted by molar-refractivity contribution is 7.99. The summed E-state index contributed by atoms with van der Waals surface area (Å²) in [6.07, 6.45) is 1.47. The standard InChI is InChI=1S/C9H16N4OS/c1-4-12(5-2)9(14)13-7-10-8(11-13)15-6-3/h7H,4-6H2,1-3H3. The molecule has 0 bridgehead atoms. The minimum atomic E-state index is -0.115. The molecule has 5 nitrogen and oxygen atoms in total. The molecule has 0 spiro atoms. The van der Waals surface area contributed by atoms with Crippen LogP contribution in [0.3, 0.4) is 0 Å². The molecule has 0 aromatic carbocycles. The summed E-state index contributed by atoms with van der Waals surface area (Å²) in [6, 6.07) is -0.115. The van der Waals surface area contributed by atoms with Gasteiger partial charge in [-0.1, -0.05) is 18.7 Å². The number of nitrogens with zero attached hydrogens (tertiary/aromatic N) is 4. The third-order valence-corrected chi connectivity index (χ3v) is 2.71. The molecule has 1 rings (SSSR count). The summed E-state index contributed by atoms with van der Waals surface area (Å²) in [6.45, 7) is 7.29. The Morgan fingerprint density at radius 1 is 1.47 bits per heavy atom. The summed E-state index contributed by atoms with van der Waals surface area (Å²) < 4.78 is 1.30. The first-order valence-corrected chi connectivity index (χ1v) is 6.05. The van der Waals surface area contributed by atoms with Crippen molar-refractivity contribution in [2.24, 2.45) is 0 Å². The molecule has 6 heteroatoms. The zero-order valence-corrected chi connectivity index (χ0v) is 10.1. The Bertz CT molecular complexity index is 322. The van der Waals surface area contributed by atoms with Crippen LogP contribution in [0.5, 0.6) is 0 Å². The summed E-state index contributed by atoms with van der Waals surface area (Å²) >= 11 is 1.53. The molecular weight excluding hydrogens is 212 g/mol. The van der Waals surface area contributed by atoms with Crippen molar-refractivity contribution in [2.75, 3.05) is 18.8 Å². The third-order valence-electron chi connectivity index (χ3n) is 1.97. The number of aromatic nitrogens is 3. The van der Waals surface area contributed by atoms with Gasteiger partial charge >= 0.3 is 6.03 Å². The first-order valence-electron chi connectivity index (χ1n) is 5.06. The molecule has 0 aliphatic rings. The van der Waals surface area contributed by atoms with Crippen LogP contribution in [-0.2, 0) is 0 Å². The van der Waals surface area contributed by atoms with Crippen LogP contribution in [0.2, 0.25) is 0 Å². The molecule has 0 radical (unpaired) electrons. The lowest BCUT2D eigenvalue weighted by Gasteiger charge is -2.17. The Balaban J connectivity index is 2.73. The van der Waals surface area contributed by atoms with E-state index in [1.807, 2.05) is 20.8 Å². The van der Waals surface area contributed by atoms with Crippen molar-refractivity contribution >= 4 is 17.8 Å². The van der Waals surface area contributed by atoms with Crippen LogP contribution in [-0.4, -0.2) is 44.5 Å². The van der Waals surface area contributed by atoms with E-state index in [1.54, 1.807) is 4.90 Å². The minimum absolute atomic E-state index is 0.115. The maximum absolute atomic E-state index is 11.8. The van der Waals surface area contributed by atoms with Crippen LogP contribution in [0.1, 0.15) is 20.8 Å². The van der Waals surface area contributed by atoms with E-state index >= 15 is 0 Å². The molecule has 15 heavy (non-hydrogen) atoms. The van der Waals surface area contributed by atoms with Gasteiger partial charge in [0.15, 0.2) is 0 Å². The molecule has 1 aromatic rings. The smallest absolute Gasteiger partial charge is 0.323 e. The summed E-state index contributed by atoms with van der Waals surface area (Å²) in [5.41, 5.74) is 0. The highest BCUT2D eigenvalue weighted by Crippen LogP contribution is 2.10. The fraction of sp³-hybridized carbons (Fsp3) is 0.667. The molecule has 1 amide bonds. The van der Waals surface area contributed by atoms with Gasteiger partial charge in [0.1, 0.15) is 6.33 Å². The van der Waals surface area contributed by atoms with E-state index in [0.717, 1.165) is 5.75 Å². The Labute approximate surface area is 93.9 Å². The molecule has 84 valence electrons. The fourth-order valence-corrected chi connectivity index (χ4v) is 1.70. The van der Waals surface area contributed by atoms with E-state index in [2.05, 4.69) is 10.1 Å². The molecule has 1 aromatic heterocycles. The number of thioether (sulfide) groups is 1. The number of rotatable bonds is 4. The predicted molar refractivity (Wildman–Crippen MR) is 60.1 cm³/mol. The second-order valence-corrected chi connectivity index (χ2v) is 4.09. The summed E-state index contributed by atoms with van der Waals surface area (Å²) in [4.78, 5) is 17.6. The number of hydrogen-bond acceptors (Lipinski definition) is 4. The zero-order chi connectivity index (χ0) is 11.3. The van der Waals surface area contributed by atoms with Crippen LogP contribution in [0.15, 0.2) is 11.5 Å². The fourth-order valence-electron chi connectivity index (χ4n) is 1.17. The zero-order valence-electron chi connectivity index (χ0n) is 9.30. The molecular formula is C9H16N4OS. The molecule has 0 saturated carbocycles. The van der Waals surface area contributed by atoms with Crippen LogP contribution in [0, 0.1) is 0 Å². The van der Waals surface area contributed by atoms with E-state index < -0.39 is 0 Å². The average Bonchev–Trinajstić information content (AvgIpc) is 2.68. The molecule has 0 atom stereocenters. The van der Waals surface area contributed by atoms with Gasteiger partial charge in [-0.15, -0.1) is 5.10 Å². The summed E-state index contributed by atoms with van der Waals surface area (Å²) in [5, 5.41) is 4.74. The lowest BCUT2D eigenvalue weighted by Crippen LogP contribution is -2.34. The number of hydrogen-bond donors (Lipinski definition) is 0. The topological polar surface area (TPSA) is 51.0 Å². The maximum atomic E-state index is 11.8. The van der Waals surface area contributed by atoms with E-state index in [9.17, 15) is 4.79 Å². The number of amides is 1. The Morgan fingerprint density at radius 3 is 2.67 bits per heavy atom.